The lowest BCUT2D eigenvalue weighted by Gasteiger charge is -1.98. The minimum absolute atomic E-state index is 0.150. The number of carbonyl (C=O) groups is 1. The zero-order valence-corrected chi connectivity index (χ0v) is 10.4. The highest BCUT2D eigenvalue weighted by Gasteiger charge is 2.09. The predicted molar refractivity (Wildman–Crippen MR) is 57.6 cm³/mol. The summed E-state index contributed by atoms with van der Waals surface area (Å²) in [7, 11) is -2.00. The molecule has 0 aliphatic carbocycles. The predicted octanol–water partition coefficient (Wildman–Crippen LogP) is 1.31. The first-order valence-electron chi connectivity index (χ1n) is 5.09. The van der Waals surface area contributed by atoms with E-state index in [-0.39, 0.29) is 5.75 Å². The van der Waals surface area contributed by atoms with E-state index in [0.717, 1.165) is 12.8 Å². The lowest BCUT2D eigenvalue weighted by atomic mass is 10.3. The van der Waals surface area contributed by atoms with Gasteiger partial charge in [-0.2, -0.15) is 8.42 Å². The number of rotatable bonds is 5. The SMILES string of the molecule is CCCCCS(=O)(=O)OC.O=C1OCCO1. The van der Waals surface area contributed by atoms with Gasteiger partial charge < -0.3 is 9.47 Å². The van der Waals surface area contributed by atoms with Gasteiger partial charge in [0.1, 0.15) is 13.2 Å². The van der Waals surface area contributed by atoms with Crippen molar-refractivity contribution in [1.82, 2.24) is 0 Å². The second kappa shape index (κ2) is 8.35. The van der Waals surface area contributed by atoms with Crippen LogP contribution >= 0.6 is 0 Å². The average molecular weight is 254 g/mol. The van der Waals surface area contributed by atoms with Crippen LogP contribution in [0.3, 0.4) is 0 Å². The molecular formula is C9H18O6S. The molecule has 0 aromatic rings. The van der Waals surface area contributed by atoms with E-state index in [1.54, 1.807) is 0 Å². The molecule has 0 atom stereocenters. The van der Waals surface area contributed by atoms with Crippen LogP contribution < -0.4 is 0 Å². The largest absolute Gasteiger partial charge is 0.508 e. The minimum atomic E-state index is -3.19. The van der Waals surface area contributed by atoms with Crippen LogP contribution in [0, 0.1) is 0 Å². The molecule has 0 bridgehead atoms. The second-order valence-electron chi connectivity index (χ2n) is 3.08. The third-order valence-corrected chi connectivity index (χ3v) is 3.07. The van der Waals surface area contributed by atoms with Gasteiger partial charge in [0.15, 0.2) is 0 Å². The first-order chi connectivity index (χ1) is 7.52. The fraction of sp³-hybridized carbons (Fsp3) is 0.889. The minimum Gasteiger partial charge on any atom is -0.431 e. The van der Waals surface area contributed by atoms with Crippen molar-refractivity contribution >= 4 is 16.3 Å². The molecule has 16 heavy (non-hydrogen) atoms. The summed E-state index contributed by atoms with van der Waals surface area (Å²) in [6.07, 6.45) is 2.13. The van der Waals surface area contributed by atoms with Crippen molar-refractivity contribution < 1.29 is 26.9 Å². The number of hydrogen-bond acceptors (Lipinski definition) is 6. The monoisotopic (exact) mass is 254 g/mol. The molecule has 7 heteroatoms. The van der Waals surface area contributed by atoms with Crippen molar-refractivity contribution in [1.29, 1.82) is 0 Å². The molecule has 0 N–H and O–H groups in total. The average Bonchev–Trinajstić information content (AvgIpc) is 2.70. The van der Waals surface area contributed by atoms with Crippen LogP contribution in [0.1, 0.15) is 26.2 Å². The normalized spacial score (nSPS) is 14.8. The van der Waals surface area contributed by atoms with E-state index >= 15 is 0 Å². The third kappa shape index (κ3) is 8.49. The van der Waals surface area contributed by atoms with Crippen LogP contribution in [0.25, 0.3) is 0 Å². The maximum atomic E-state index is 10.7. The summed E-state index contributed by atoms with van der Waals surface area (Å²) in [5.41, 5.74) is 0. The Hall–Kier alpha value is -0.820. The van der Waals surface area contributed by atoms with Crippen molar-refractivity contribution in [3.8, 4) is 0 Å². The quantitative estimate of drug-likeness (QED) is 0.418. The van der Waals surface area contributed by atoms with Crippen LogP contribution in [0.2, 0.25) is 0 Å². The zero-order valence-electron chi connectivity index (χ0n) is 9.60. The maximum absolute atomic E-state index is 10.7. The summed E-state index contributed by atoms with van der Waals surface area (Å²) in [6.45, 7) is 2.86. The Bertz CT molecular complexity index is 276. The molecule has 0 spiro atoms. The molecule has 1 heterocycles. The van der Waals surface area contributed by atoms with E-state index < -0.39 is 16.3 Å². The van der Waals surface area contributed by atoms with E-state index in [0.29, 0.717) is 19.6 Å². The van der Waals surface area contributed by atoms with Gasteiger partial charge in [-0.1, -0.05) is 19.8 Å². The Morgan fingerprint density at radius 3 is 2.12 bits per heavy atom. The lowest BCUT2D eigenvalue weighted by molar-refractivity contribution is 0.131. The number of cyclic esters (lactones) is 2. The highest BCUT2D eigenvalue weighted by atomic mass is 32.2. The Morgan fingerprint density at radius 2 is 1.81 bits per heavy atom. The van der Waals surface area contributed by atoms with Crippen LogP contribution in [0.5, 0.6) is 0 Å². The molecule has 1 fully saturated rings. The van der Waals surface area contributed by atoms with Gasteiger partial charge in [0, 0.05) is 0 Å². The summed E-state index contributed by atoms with van der Waals surface area (Å²) < 4.78 is 34.1. The van der Waals surface area contributed by atoms with Crippen molar-refractivity contribution in [2.75, 3.05) is 26.1 Å². The maximum Gasteiger partial charge on any atom is 0.508 e. The summed E-state index contributed by atoms with van der Waals surface area (Å²) in [6, 6.07) is 0. The Morgan fingerprint density at radius 1 is 1.25 bits per heavy atom. The number of carbonyl (C=O) groups excluding carboxylic acids is 1. The molecule has 1 aliphatic rings. The van der Waals surface area contributed by atoms with Gasteiger partial charge in [0.2, 0.25) is 0 Å². The molecule has 0 unspecified atom stereocenters. The Kier molecular flexibility index (Phi) is 7.92. The topological polar surface area (TPSA) is 78.9 Å². The lowest BCUT2D eigenvalue weighted by Crippen LogP contribution is -2.07. The fourth-order valence-corrected chi connectivity index (χ4v) is 1.63. The van der Waals surface area contributed by atoms with E-state index in [2.05, 4.69) is 13.7 Å². The highest BCUT2D eigenvalue weighted by Crippen LogP contribution is 1.99. The molecule has 0 radical (unpaired) electrons. The van der Waals surface area contributed by atoms with Crippen molar-refractivity contribution in [2.24, 2.45) is 0 Å². The molecule has 6 nitrogen and oxygen atoms in total. The van der Waals surface area contributed by atoms with Gasteiger partial charge in [-0.3, -0.25) is 4.18 Å². The standard InChI is InChI=1S/C6H14O3S.C3H4O3/c1-3-4-5-6-10(7,8)9-2;4-3-5-1-2-6-3/h3-6H2,1-2H3;1-2H2. The highest BCUT2D eigenvalue weighted by molar-refractivity contribution is 7.86. The first kappa shape index (κ1) is 15.2. The van der Waals surface area contributed by atoms with Gasteiger partial charge >= 0.3 is 6.16 Å². The molecule has 1 rings (SSSR count). The Balaban J connectivity index is 0.000000315. The van der Waals surface area contributed by atoms with E-state index in [1.807, 2.05) is 6.92 Å². The summed E-state index contributed by atoms with van der Waals surface area (Å²) in [4.78, 5) is 9.80. The molecule has 0 amide bonds. The Labute approximate surface area is 96.0 Å². The van der Waals surface area contributed by atoms with E-state index in [1.165, 1.54) is 7.11 Å². The first-order valence-corrected chi connectivity index (χ1v) is 6.67. The van der Waals surface area contributed by atoms with Gasteiger partial charge in [-0.25, -0.2) is 4.79 Å². The molecule has 0 saturated carbocycles. The van der Waals surface area contributed by atoms with Crippen LogP contribution in [-0.4, -0.2) is 40.6 Å². The number of unbranched alkanes of at least 4 members (excludes halogenated alkanes) is 2. The molecule has 1 aliphatic heterocycles. The molecule has 1 saturated heterocycles. The van der Waals surface area contributed by atoms with Crippen molar-refractivity contribution in [3.63, 3.8) is 0 Å². The molecule has 0 aromatic carbocycles. The molecule has 96 valence electrons. The van der Waals surface area contributed by atoms with Crippen LogP contribution in [0.15, 0.2) is 0 Å². The van der Waals surface area contributed by atoms with Crippen LogP contribution in [0.4, 0.5) is 4.79 Å². The van der Waals surface area contributed by atoms with Gasteiger partial charge in [0.05, 0.1) is 12.9 Å². The van der Waals surface area contributed by atoms with Crippen molar-refractivity contribution in [2.45, 2.75) is 26.2 Å². The summed E-state index contributed by atoms with van der Waals surface area (Å²) >= 11 is 0. The van der Waals surface area contributed by atoms with Crippen molar-refractivity contribution in [3.05, 3.63) is 0 Å². The van der Waals surface area contributed by atoms with Gasteiger partial charge in [-0.15, -0.1) is 0 Å². The number of ether oxygens (including phenoxy) is 2. The van der Waals surface area contributed by atoms with Gasteiger partial charge in [0.25, 0.3) is 10.1 Å². The summed E-state index contributed by atoms with van der Waals surface area (Å²) in [5, 5.41) is 0. The van der Waals surface area contributed by atoms with E-state index in [4.69, 9.17) is 0 Å². The van der Waals surface area contributed by atoms with Gasteiger partial charge in [-0.05, 0) is 6.42 Å². The smallest absolute Gasteiger partial charge is 0.431 e. The third-order valence-electron chi connectivity index (χ3n) is 1.77. The molecular weight excluding hydrogens is 236 g/mol. The molecule has 0 aromatic heterocycles. The number of hydrogen-bond donors (Lipinski definition) is 0. The second-order valence-corrected chi connectivity index (χ2v) is 4.94. The summed E-state index contributed by atoms with van der Waals surface area (Å²) in [5.74, 6) is 0.150. The van der Waals surface area contributed by atoms with Crippen LogP contribution in [-0.2, 0) is 23.8 Å². The van der Waals surface area contributed by atoms with E-state index in [9.17, 15) is 13.2 Å². The zero-order chi connectivity index (χ0) is 12.4. The fourth-order valence-electron chi connectivity index (χ4n) is 0.904.